The van der Waals surface area contributed by atoms with Crippen LogP contribution in [0, 0.1) is 13.8 Å². The van der Waals surface area contributed by atoms with Crippen LogP contribution >= 0.6 is 15.9 Å². The highest BCUT2D eigenvalue weighted by molar-refractivity contribution is 9.10. The number of nitrogens with one attached hydrogen (secondary N) is 1. The van der Waals surface area contributed by atoms with Crippen LogP contribution in [0.25, 0.3) is 5.65 Å². The molecule has 0 saturated heterocycles. The zero-order valence-electron chi connectivity index (χ0n) is 12.3. The van der Waals surface area contributed by atoms with E-state index >= 15 is 0 Å². The molecule has 6 heteroatoms. The van der Waals surface area contributed by atoms with Crippen molar-refractivity contribution in [3.63, 3.8) is 0 Å². The molecule has 0 atom stereocenters. The monoisotopic (exact) mass is 358 g/mol. The molecule has 3 rings (SSSR count). The average molecular weight is 359 g/mol. The van der Waals surface area contributed by atoms with E-state index in [0.717, 1.165) is 21.2 Å². The van der Waals surface area contributed by atoms with Crippen LogP contribution in [0.4, 0.5) is 0 Å². The molecule has 0 radical (unpaired) electrons. The average Bonchev–Trinajstić information content (AvgIpc) is 2.82. The highest BCUT2D eigenvalue weighted by Gasteiger charge is 2.17. The van der Waals surface area contributed by atoms with Gasteiger partial charge in [0.05, 0.1) is 5.69 Å². The van der Waals surface area contributed by atoms with Gasteiger partial charge in [-0.3, -0.25) is 14.2 Å². The fourth-order valence-corrected chi connectivity index (χ4v) is 2.97. The van der Waals surface area contributed by atoms with Gasteiger partial charge in [0.1, 0.15) is 11.3 Å². The quantitative estimate of drug-likeness (QED) is 0.782. The molecule has 22 heavy (non-hydrogen) atoms. The summed E-state index contributed by atoms with van der Waals surface area (Å²) in [5.41, 5.74) is 4.11. The first-order chi connectivity index (χ1) is 10.6. The summed E-state index contributed by atoms with van der Waals surface area (Å²) in [5.74, 6) is -0.140. The van der Waals surface area contributed by atoms with Gasteiger partial charge in [0.2, 0.25) is 0 Å². The number of aromatic nitrogens is 3. The summed E-state index contributed by atoms with van der Waals surface area (Å²) in [5, 5.41) is 2.93. The molecule has 0 spiro atoms. The van der Waals surface area contributed by atoms with Crippen LogP contribution < -0.4 is 5.32 Å². The van der Waals surface area contributed by atoms with Crippen molar-refractivity contribution in [3.8, 4) is 0 Å². The summed E-state index contributed by atoms with van der Waals surface area (Å²) in [6, 6.07) is 5.74. The SMILES string of the molecule is Cc1nc2c(C)cc(Br)cn2c1C(=O)NCc1ccncc1. The maximum atomic E-state index is 12.5. The van der Waals surface area contributed by atoms with Crippen molar-refractivity contribution in [2.45, 2.75) is 20.4 Å². The molecule has 0 bridgehead atoms. The maximum Gasteiger partial charge on any atom is 0.270 e. The predicted molar refractivity (Wildman–Crippen MR) is 87.8 cm³/mol. The fraction of sp³-hybridized carbons (Fsp3) is 0.188. The lowest BCUT2D eigenvalue weighted by Crippen LogP contribution is -2.25. The van der Waals surface area contributed by atoms with Gasteiger partial charge in [-0.15, -0.1) is 0 Å². The van der Waals surface area contributed by atoms with E-state index in [1.165, 1.54) is 0 Å². The van der Waals surface area contributed by atoms with E-state index in [1.54, 1.807) is 12.4 Å². The lowest BCUT2D eigenvalue weighted by atomic mass is 10.2. The van der Waals surface area contributed by atoms with Crippen LogP contribution in [-0.4, -0.2) is 20.3 Å². The summed E-state index contributed by atoms with van der Waals surface area (Å²) >= 11 is 3.46. The molecule has 0 aliphatic heterocycles. The molecule has 0 aromatic carbocycles. The number of aryl methyl sites for hydroxylation is 2. The van der Waals surface area contributed by atoms with Crippen LogP contribution in [0.2, 0.25) is 0 Å². The van der Waals surface area contributed by atoms with Gasteiger partial charge in [0.15, 0.2) is 0 Å². The molecule has 3 aromatic rings. The summed E-state index contributed by atoms with van der Waals surface area (Å²) in [7, 11) is 0. The first-order valence-electron chi connectivity index (χ1n) is 6.88. The number of pyridine rings is 2. The largest absolute Gasteiger partial charge is 0.347 e. The topological polar surface area (TPSA) is 59.3 Å². The van der Waals surface area contributed by atoms with Crippen LogP contribution in [-0.2, 0) is 6.54 Å². The minimum Gasteiger partial charge on any atom is -0.347 e. The molecule has 1 amide bonds. The Morgan fingerprint density at radius 2 is 2.05 bits per heavy atom. The van der Waals surface area contributed by atoms with Gasteiger partial charge in [-0.25, -0.2) is 4.98 Å². The summed E-state index contributed by atoms with van der Waals surface area (Å²) < 4.78 is 2.74. The van der Waals surface area contributed by atoms with E-state index in [1.807, 2.05) is 42.6 Å². The number of halogens is 1. The minimum absolute atomic E-state index is 0.140. The molecule has 5 nitrogen and oxygen atoms in total. The van der Waals surface area contributed by atoms with Gasteiger partial charge in [-0.05, 0) is 59.1 Å². The van der Waals surface area contributed by atoms with Gasteiger partial charge in [0, 0.05) is 29.6 Å². The Morgan fingerprint density at radius 1 is 1.32 bits per heavy atom. The lowest BCUT2D eigenvalue weighted by molar-refractivity contribution is 0.0944. The molecule has 1 N–H and O–H groups in total. The van der Waals surface area contributed by atoms with E-state index in [9.17, 15) is 4.79 Å². The first kappa shape index (κ1) is 14.7. The second-order valence-corrected chi connectivity index (χ2v) is 6.03. The van der Waals surface area contributed by atoms with Crippen molar-refractivity contribution < 1.29 is 4.79 Å². The standard InChI is InChI=1S/C16H15BrN4O/c1-10-7-13(17)9-21-14(11(2)20-15(10)21)16(22)19-8-12-3-5-18-6-4-12/h3-7,9H,8H2,1-2H3,(H,19,22). The first-order valence-corrected chi connectivity index (χ1v) is 7.67. The zero-order chi connectivity index (χ0) is 15.7. The fourth-order valence-electron chi connectivity index (χ4n) is 2.42. The van der Waals surface area contributed by atoms with E-state index < -0.39 is 0 Å². The Hall–Kier alpha value is -2.21. The normalized spacial score (nSPS) is 10.9. The number of amides is 1. The van der Waals surface area contributed by atoms with Gasteiger partial charge in [-0.1, -0.05) is 0 Å². The Labute approximate surface area is 136 Å². The van der Waals surface area contributed by atoms with Gasteiger partial charge >= 0.3 is 0 Å². The van der Waals surface area contributed by atoms with Gasteiger partial charge in [0.25, 0.3) is 5.91 Å². The number of carbonyl (C=O) groups is 1. The molecule has 0 aliphatic rings. The van der Waals surface area contributed by atoms with E-state index in [4.69, 9.17) is 0 Å². The third-order valence-corrected chi connectivity index (χ3v) is 3.90. The lowest BCUT2D eigenvalue weighted by Gasteiger charge is -2.07. The molecule has 0 aliphatic carbocycles. The zero-order valence-corrected chi connectivity index (χ0v) is 13.9. The molecule has 0 saturated carbocycles. The van der Waals surface area contributed by atoms with Crippen LogP contribution in [0.15, 0.2) is 41.3 Å². The third kappa shape index (κ3) is 2.74. The third-order valence-electron chi connectivity index (χ3n) is 3.46. The van der Waals surface area contributed by atoms with Gasteiger partial charge in [-0.2, -0.15) is 0 Å². The molecule has 0 unspecified atom stereocenters. The Morgan fingerprint density at radius 3 is 2.77 bits per heavy atom. The molecule has 112 valence electrons. The highest BCUT2D eigenvalue weighted by Crippen LogP contribution is 2.20. The van der Waals surface area contributed by atoms with Crippen LogP contribution in [0.5, 0.6) is 0 Å². The second kappa shape index (κ2) is 5.88. The number of hydrogen-bond acceptors (Lipinski definition) is 3. The van der Waals surface area contributed by atoms with Crippen molar-refractivity contribution in [2.24, 2.45) is 0 Å². The second-order valence-electron chi connectivity index (χ2n) is 5.12. The minimum atomic E-state index is -0.140. The van der Waals surface area contributed by atoms with Crippen LogP contribution in [0.1, 0.15) is 27.3 Å². The number of nitrogens with zero attached hydrogens (tertiary/aromatic N) is 3. The van der Waals surface area contributed by atoms with E-state index in [2.05, 4.69) is 31.2 Å². The maximum absolute atomic E-state index is 12.5. The Bertz CT molecular complexity index is 842. The number of rotatable bonds is 3. The molecule has 0 fully saturated rings. The van der Waals surface area contributed by atoms with Crippen molar-refractivity contribution in [1.29, 1.82) is 0 Å². The Kier molecular flexibility index (Phi) is 3.94. The number of imidazole rings is 1. The van der Waals surface area contributed by atoms with E-state index in [-0.39, 0.29) is 5.91 Å². The van der Waals surface area contributed by atoms with E-state index in [0.29, 0.717) is 17.9 Å². The van der Waals surface area contributed by atoms with Crippen molar-refractivity contribution >= 4 is 27.5 Å². The molecular weight excluding hydrogens is 344 g/mol. The number of carbonyl (C=O) groups excluding carboxylic acids is 1. The summed E-state index contributed by atoms with van der Waals surface area (Å²) in [6.45, 7) is 4.29. The predicted octanol–water partition coefficient (Wildman–Crippen LogP) is 3.04. The van der Waals surface area contributed by atoms with Crippen LogP contribution in [0.3, 0.4) is 0 Å². The van der Waals surface area contributed by atoms with Gasteiger partial charge < -0.3 is 5.32 Å². The summed E-state index contributed by atoms with van der Waals surface area (Å²) in [6.07, 6.45) is 5.28. The van der Waals surface area contributed by atoms with Crippen molar-refractivity contribution in [2.75, 3.05) is 0 Å². The highest BCUT2D eigenvalue weighted by atomic mass is 79.9. The molecule has 3 heterocycles. The number of hydrogen-bond donors (Lipinski definition) is 1. The molecule has 3 aromatic heterocycles. The number of fused-ring (bicyclic) bond motifs is 1. The molecular formula is C16H15BrN4O. The van der Waals surface area contributed by atoms with Crippen molar-refractivity contribution in [1.82, 2.24) is 19.7 Å². The smallest absolute Gasteiger partial charge is 0.270 e. The Balaban J connectivity index is 1.92. The summed E-state index contributed by atoms with van der Waals surface area (Å²) in [4.78, 5) is 21.0. The van der Waals surface area contributed by atoms with Crippen molar-refractivity contribution in [3.05, 3.63) is 63.8 Å².